The highest BCUT2D eigenvalue weighted by Crippen LogP contribution is 2.39. The normalized spacial score (nSPS) is 21.9. The Morgan fingerprint density at radius 1 is 0.902 bits per heavy atom. The minimum Gasteiger partial charge on any atom is -0.392 e. The smallest absolute Gasteiger partial charge is 0.272 e. The molecule has 41 heavy (non-hydrogen) atoms. The lowest BCUT2D eigenvalue weighted by Gasteiger charge is -2.39. The highest BCUT2D eigenvalue weighted by molar-refractivity contribution is 6.76. The van der Waals surface area contributed by atoms with E-state index in [1.54, 1.807) is 0 Å². The van der Waals surface area contributed by atoms with Gasteiger partial charge in [0, 0.05) is 38.2 Å². The Morgan fingerprint density at radius 2 is 1.61 bits per heavy atom. The Hall–Kier alpha value is -2.20. The average Bonchev–Trinajstić information content (AvgIpc) is 3.00. The van der Waals surface area contributed by atoms with Crippen LogP contribution < -0.4 is 5.32 Å². The van der Waals surface area contributed by atoms with E-state index in [9.17, 15) is 9.90 Å². The van der Waals surface area contributed by atoms with Gasteiger partial charge in [0.05, 0.1) is 32.0 Å². The number of alkyl halides is 3. The van der Waals surface area contributed by atoms with Crippen LogP contribution in [-0.4, -0.2) is 58.7 Å². The number of aliphatic hydroxyl groups is 1. The molecule has 0 bridgehead atoms. The second kappa shape index (κ2) is 13.8. The highest BCUT2D eigenvalue weighted by atomic mass is 35.6. The first-order chi connectivity index (χ1) is 19.8. The summed E-state index contributed by atoms with van der Waals surface area (Å²) >= 11 is 17.0. The number of nitrogens with zero attached hydrogens (tertiary/aromatic N) is 1. The summed E-state index contributed by atoms with van der Waals surface area (Å²) in [6.07, 6.45) is 0.00138. The number of rotatable bonds is 8. The number of nitrogens with one attached hydrogen (secondary N) is 1. The number of amides is 1. The predicted molar refractivity (Wildman–Crippen MR) is 160 cm³/mol. The number of morpholine rings is 1. The molecule has 0 spiro atoms. The fourth-order valence-electron chi connectivity index (χ4n) is 5.11. The molecule has 1 amide bonds. The quantitative estimate of drug-likeness (QED) is 0.315. The van der Waals surface area contributed by atoms with Crippen molar-refractivity contribution in [3.63, 3.8) is 0 Å². The van der Waals surface area contributed by atoms with Crippen molar-refractivity contribution < 1.29 is 24.1 Å². The summed E-state index contributed by atoms with van der Waals surface area (Å²) in [6.45, 7) is 4.27. The molecule has 5 rings (SSSR count). The molecule has 3 atom stereocenters. The first-order valence-electron chi connectivity index (χ1n) is 13.6. The number of carbonyl (C=O) groups is 1. The maximum Gasteiger partial charge on any atom is 0.272 e. The molecule has 2 fully saturated rings. The van der Waals surface area contributed by atoms with E-state index in [1.807, 2.05) is 66.7 Å². The largest absolute Gasteiger partial charge is 0.392 e. The predicted octanol–water partition coefficient (Wildman–Crippen LogP) is 5.71. The summed E-state index contributed by atoms with van der Waals surface area (Å²) in [5.41, 5.74) is 5.68. The van der Waals surface area contributed by atoms with Gasteiger partial charge in [-0.05, 0) is 39.9 Å². The van der Waals surface area contributed by atoms with Crippen LogP contribution in [0.15, 0.2) is 72.8 Å². The van der Waals surface area contributed by atoms with Crippen molar-refractivity contribution in [3.8, 4) is 11.1 Å². The number of ether oxygens (including phenoxy) is 3. The summed E-state index contributed by atoms with van der Waals surface area (Å²) in [6, 6.07) is 23.9. The summed E-state index contributed by atoms with van der Waals surface area (Å²) in [4.78, 5) is 14.4. The number of halogens is 3. The van der Waals surface area contributed by atoms with Crippen LogP contribution in [0.2, 0.25) is 0 Å². The van der Waals surface area contributed by atoms with Crippen molar-refractivity contribution in [3.05, 3.63) is 95.1 Å². The lowest BCUT2D eigenvalue weighted by molar-refractivity contribution is -0.253. The summed E-state index contributed by atoms with van der Waals surface area (Å²) in [7, 11) is 0. The van der Waals surface area contributed by atoms with Gasteiger partial charge < -0.3 is 24.6 Å². The van der Waals surface area contributed by atoms with Crippen LogP contribution in [0, 0.1) is 0 Å². The maximum absolute atomic E-state index is 12.0. The molecule has 0 aromatic heterocycles. The topological polar surface area (TPSA) is 80.3 Å². The molecule has 2 aliphatic heterocycles. The third kappa shape index (κ3) is 8.21. The molecule has 3 unspecified atom stereocenters. The molecule has 10 heteroatoms. The molecule has 2 heterocycles. The van der Waals surface area contributed by atoms with Gasteiger partial charge in [0.15, 0.2) is 6.29 Å². The number of aliphatic hydroxyl groups excluding tert-OH is 1. The van der Waals surface area contributed by atoms with E-state index in [0.717, 1.165) is 72.6 Å². The molecule has 218 valence electrons. The lowest BCUT2D eigenvalue weighted by atomic mass is 9.98. The van der Waals surface area contributed by atoms with Gasteiger partial charge in [-0.15, -0.1) is 0 Å². The molecule has 3 aromatic carbocycles. The Balaban J connectivity index is 1.35. The zero-order valence-corrected chi connectivity index (χ0v) is 24.7. The fourth-order valence-corrected chi connectivity index (χ4v) is 5.31. The second-order valence-electron chi connectivity index (χ2n) is 10.3. The van der Waals surface area contributed by atoms with Crippen molar-refractivity contribution in [1.82, 2.24) is 10.2 Å². The molecule has 3 aromatic rings. The summed E-state index contributed by atoms with van der Waals surface area (Å²) < 4.78 is 16.6. The average molecular weight is 620 g/mol. The van der Waals surface area contributed by atoms with E-state index in [4.69, 9.17) is 49.0 Å². The lowest BCUT2D eigenvalue weighted by Crippen LogP contribution is -2.44. The Labute approximate surface area is 255 Å². The van der Waals surface area contributed by atoms with Gasteiger partial charge in [-0.3, -0.25) is 9.69 Å². The molecular weight excluding hydrogens is 587 g/mol. The van der Waals surface area contributed by atoms with E-state index in [-0.39, 0.29) is 25.4 Å². The summed E-state index contributed by atoms with van der Waals surface area (Å²) in [5.74, 6) is -0.673. The van der Waals surface area contributed by atoms with Crippen molar-refractivity contribution in [1.29, 1.82) is 0 Å². The van der Waals surface area contributed by atoms with E-state index in [0.29, 0.717) is 0 Å². The van der Waals surface area contributed by atoms with Crippen LogP contribution in [0.5, 0.6) is 0 Å². The Bertz CT molecular complexity index is 1310. The monoisotopic (exact) mass is 618 g/mol. The fraction of sp³-hybridized carbons (Fsp3) is 0.387. The molecule has 7 nitrogen and oxygen atoms in total. The molecular formula is C31H33Cl3N2O5. The van der Waals surface area contributed by atoms with Crippen LogP contribution in [0.25, 0.3) is 11.1 Å². The highest BCUT2D eigenvalue weighted by Gasteiger charge is 2.34. The van der Waals surface area contributed by atoms with Crippen LogP contribution in [-0.2, 0) is 32.2 Å². The molecule has 0 aliphatic carbocycles. The van der Waals surface area contributed by atoms with Crippen LogP contribution in [0.3, 0.4) is 0 Å². The van der Waals surface area contributed by atoms with E-state index in [2.05, 4.69) is 16.3 Å². The van der Waals surface area contributed by atoms with Gasteiger partial charge in [-0.1, -0.05) is 95.5 Å². The zero-order chi connectivity index (χ0) is 28.8. The molecule has 2 saturated heterocycles. The van der Waals surface area contributed by atoms with Crippen molar-refractivity contribution in [2.75, 3.05) is 32.8 Å². The van der Waals surface area contributed by atoms with Gasteiger partial charge in [-0.25, -0.2) is 0 Å². The van der Waals surface area contributed by atoms with Gasteiger partial charge in [0.2, 0.25) is 0 Å². The van der Waals surface area contributed by atoms with Crippen molar-refractivity contribution in [2.45, 2.75) is 41.9 Å². The standard InChI is InChI=1S/C31H33Cl3N2O5/c32-31(33,34)30(38)35-18-22-3-1-4-24(15-22)25-5-2-6-26(16-25)29-40-27(19-36-11-13-39-14-12-36)17-28(41-29)23-9-7-21(20-37)8-10-23/h1-10,15-16,27-29,37H,11-14,17-20H2,(H,35,38). The van der Waals surface area contributed by atoms with Gasteiger partial charge >= 0.3 is 0 Å². The number of benzene rings is 3. The van der Waals surface area contributed by atoms with Gasteiger partial charge in [0.1, 0.15) is 0 Å². The minimum atomic E-state index is -2.01. The summed E-state index contributed by atoms with van der Waals surface area (Å²) in [5, 5.41) is 12.1. The van der Waals surface area contributed by atoms with Crippen LogP contribution in [0.1, 0.15) is 41.1 Å². The molecule has 0 radical (unpaired) electrons. The Kier molecular flexibility index (Phi) is 10.2. The van der Waals surface area contributed by atoms with Crippen molar-refractivity contribution in [2.24, 2.45) is 0 Å². The molecule has 2 N–H and O–H groups in total. The number of carbonyl (C=O) groups excluding carboxylic acids is 1. The van der Waals surface area contributed by atoms with E-state index < -0.39 is 16.0 Å². The van der Waals surface area contributed by atoms with Gasteiger partial charge in [0.25, 0.3) is 9.70 Å². The van der Waals surface area contributed by atoms with E-state index in [1.165, 1.54) is 0 Å². The van der Waals surface area contributed by atoms with Crippen LogP contribution >= 0.6 is 34.8 Å². The second-order valence-corrected chi connectivity index (χ2v) is 12.6. The minimum absolute atomic E-state index is 0.00443. The Morgan fingerprint density at radius 3 is 2.32 bits per heavy atom. The molecule has 2 aliphatic rings. The van der Waals surface area contributed by atoms with Crippen LogP contribution in [0.4, 0.5) is 0 Å². The molecule has 0 saturated carbocycles. The third-order valence-corrected chi connectivity index (χ3v) is 7.83. The van der Waals surface area contributed by atoms with Crippen molar-refractivity contribution >= 4 is 40.7 Å². The first kappa shape index (κ1) is 30.3. The number of hydrogen-bond acceptors (Lipinski definition) is 6. The third-order valence-electron chi connectivity index (χ3n) is 7.31. The van der Waals surface area contributed by atoms with E-state index >= 15 is 0 Å². The number of hydrogen-bond donors (Lipinski definition) is 2. The maximum atomic E-state index is 12.0. The SMILES string of the molecule is O=C(NCc1cccc(-c2cccc(C3OC(CN4CCOCC4)CC(c4ccc(CO)cc4)O3)c2)c1)C(Cl)(Cl)Cl. The van der Waals surface area contributed by atoms with Gasteiger partial charge in [-0.2, -0.15) is 0 Å². The zero-order valence-electron chi connectivity index (χ0n) is 22.5. The first-order valence-corrected chi connectivity index (χ1v) is 14.8.